The number of fused-ring (bicyclic) bond motifs is 2. The van der Waals surface area contributed by atoms with Crippen LogP contribution in [0.15, 0.2) is 60.7 Å². The molecule has 1 spiro atoms. The number of hydrogen-bond acceptors (Lipinski definition) is 4. The fourth-order valence-corrected chi connectivity index (χ4v) is 5.05. The van der Waals surface area contributed by atoms with E-state index in [2.05, 4.69) is 11.4 Å². The summed E-state index contributed by atoms with van der Waals surface area (Å²) in [6.07, 6.45) is 3.87. The zero-order valence-electron chi connectivity index (χ0n) is 20.3. The van der Waals surface area contributed by atoms with E-state index in [-0.39, 0.29) is 36.6 Å². The van der Waals surface area contributed by atoms with Gasteiger partial charge in [-0.1, -0.05) is 62.4 Å². The van der Waals surface area contributed by atoms with E-state index in [1.54, 1.807) is 13.1 Å². The Morgan fingerprint density at radius 3 is 2.57 bits per heavy atom. The predicted octanol–water partition coefficient (Wildman–Crippen LogP) is 3.59. The standard InChI is InChI=1S/C28H30N4O3/c1-19(2)15-24(31(3)25(33)14-13-20-9-5-4-6-10-20)26(34)32-18-28(16-21(32)17-29)22-11-7-8-12-23(22)30-27(28)35/h4-14,19,21,24H,15-16,18H2,1-3H3,(H,30,35)/b14-13+/t21-,24-,28-/m0/s1. The molecule has 1 N–H and O–H groups in total. The normalized spacial score (nSPS) is 21.7. The van der Waals surface area contributed by atoms with Gasteiger partial charge < -0.3 is 15.1 Å². The van der Waals surface area contributed by atoms with Crippen molar-refractivity contribution >= 4 is 29.5 Å². The van der Waals surface area contributed by atoms with Gasteiger partial charge in [0.2, 0.25) is 17.7 Å². The van der Waals surface area contributed by atoms with Crippen LogP contribution in [0.3, 0.4) is 0 Å². The second-order valence-electron chi connectivity index (χ2n) is 9.74. The maximum atomic E-state index is 13.9. The number of benzene rings is 2. The van der Waals surface area contributed by atoms with Crippen LogP contribution < -0.4 is 5.32 Å². The summed E-state index contributed by atoms with van der Waals surface area (Å²) >= 11 is 0. The van der Waals surface area contributed by atoms with E-state index in [1.807, 2.05) is 68.4 Å². The molecule has 3 atom stereocenters. The first kappa shape index (κ1) is 24.2. The lowest BCUT2D eigenvalue weighted by Crippen LogP contribution is -2.51. The number of carbonyl (C=O) groups is 3. The molecule has 1 saturated heterocycles. The topological polar surface area (TPSA) is 93.5 Å². The molecule has 2 aliphatic heterocycles. The van der Waals surface area contributed by atoms with Crippen LogP contribution in [0.4, 0.5) is 5.69 Å². The van der Waals surface area contributed by atoms with Gasteiger partial charge in [-0.15, -0.1) is 0 Å². The number of para-hydroxylation sites is 1. The summed E-state index contributed by atoms with van der Waals surface area (Å²) in [4.78, 5) is 42.9. The Morgan fingerprint density at radius 2 is 1.89 bits per heavy atom. The van der Waals surface area contributed by atoms with Gasteiger partial charge in [0.05, 0.1) is 11.5 Å². The molecule has 4 rings (SSSR count). The molecule has 7 heteroatoms. The van der Waals surface area contributed by atoms with Gasteiger partial charge >= 0.3 is 0 Å². The lowest BCUT2D eigenvalue weighted by Gasteiger charge is -2.33. The molecular weight excluding hydrogens is 440 g/mol. The Bertz CT molecular complexity index is 1200. The molecule has 0 bridgehead atoms. The summed E-state index contributed by atoms with van der Waals surface area (Å²) in [6, 6.07) is 17.6. The average molecular weight is 471 g/mol. The van der Waals surface area contributed by atoms with Crippen LogP contribution in [0.1, 0.15) is 37.8 Å². The Balaban J connectivity index is 1.60. The molecule has 0 saturated carbocycles. The molecule has 0 aromatic heterocycles. The molecular formula is C28H30N4O3. The van der Waals surface area contributed by atoms with E-state index in [0.29, 0.717) is 6.42 Å². The summed E-state index contributed by atoms with van der Waals surface area (Å²) in [5.74, 6) is -0.641. The molecule has 2 aromatic carbocycles. The molecule has 2 aromatic rings. The fraction of sp³-hybridized carbons (Fsp3) is 0.357. The van der Waals surface area contributed by atoms with E-state index in [0.717, 1.165) is 16.8 Å². The highest BCUT2D eigenvalue weighted by Crippen LogP contribution is 2.46. The fourth-order valence-electron chi connectivity index (χ4n) is 5.05. The summed E-state index contributed by atoms with van der Waals surface area (Å²) in [5.41, 5.74) is 1.47. The first-order chi connectivity index (χ1) is 16.8. The molecule has 180 valence electrons. The highest BCUT2D eigenvalue weighted by molar-refractivity contribution is 6.07. The molecule has 3 amide bonds. The zero-order valence-corrected chi connectivity index (χ0v) is 20.3. The maximum Gasteiger partial charge on any atom is 0.246 e. The van der Waals surface area contributed by atoms with Crippen molar-refractivity contribution in [2.45, 2.75) is 44.2 Å². The molecule has 0 unspecified atom stereocenters. The number of rotatable bonds is 6. The Labute approximate surface area is 206 Å². The second kappa shape index (κ2) is 9.75. The average Bonchev–Trinajstić information content (AvgIpc) is 3.39. The molecule has 0 aliphatic carbocycles. The monoisotopic (exact) mass is 470 g/mol. The summed E-state index contributed by atoms with van der Waals surface area (Å²) in [7, 11) is 1.62. The van der Waals surface area contributed by atoms with Gasteiger partial charge in [0.15, 0.2) is 0 Å². The quantitative estimate of drug-likeness (QED) is 0.653. The number of likely N-dealkylation sites (N-methyl/N-ethyl adjacent to an activating group) is 1. The van der Waals surface area contributed by atoms with Gasteiger partial charge in [-0.25, -0.2) is 0 Å². The van der Waals surface area contributed by atoms with Crippen molar-refractivity contribution in [3.63, 3.8) is 0 Å². The minimum absolute atomic E-state index is 0.114. The van der Waals surface area contributed by atoms with Crippen LogP contribution in [0.25, 0.3) is 6.08 Å². The number of hydrogen-bond donors (Lipinski definition) is 1. The van der Waals surface area contributed by atoms with Crippen molar-refractivity contribution in [2.24, 2.45) is 5.92 Å². The summed E-state index contributed by atoms with van der Waals surface area (Å²) in [6.45, 7) is 4.10. The summed E-state index contributed by atoms with van der Waals surface area (Å²) in [5, 5.41) is 12.8. The SMILES string of the molecule is CC(C)C[C@@H](C(=O)N1C[C@]2(C[C@H]1C#N)C(=O)Nc1ccccc12)N(C)C(=O)/C=C/c1ccccc1. The first-order valence-electron chi connectivity index (χ1n) is 11.9. The van der Waals surface area contributed by atoms with Crippen LogP contribution in [-0.2, 0) is 19.8 Å². The highest BCUT2D eigenvalue weighted by atomic mass is 16.2. The number of carbonyl (C=O) groups excluding carboxylic acids is 3. The molecule has 35 heavy (non-hydrogen) atoms. The number of nitrogens with zero attached hydrogens (tertiary/aromatic N) is 3. The lowest BCUT2D eigenvalue weighted by atomic mass is 9.80. The maximum absolute atomic E-state index is 13.9. The molecule has 1 fully saturated rings. The Morgan fingerprint density at radius 1 is 1.20 bits per heavy atom. The van der Waals surface area contributed by atoms with Crippen molar-refractivity contribution in [1.82, 2.24) is 9.80 Å². The number of nitrogens with one attached hydrogen (secondary N) is 1. The zero-order chi connectivity index (χ0) is 25.2. The summed E-state index contributed by atoms with van der Waals surface area (Å²) < 4.78 is 0. The van der Waals surface area contributed by atoms with E-state index in [9.17, 15) is 19.6 Å². The van der Waals surface area contributed by atoms with E-state index in [1.165, 1.54) is 15.9 Å². The van der Waals surface area contributed by atoms with Gasteiger partial charge in [-0.05, 0) is 35.6 Å². The largest absolute Gasteiger partial charge is 0.330 e. The number of likely N-dealkylation sites (tertiary alicyclic amines) is 1. The third kappa shape index (κ3) is 4.57. The predicted molar refractivity (Wildman–Crippen MR) is 134 cm³/mol. The number of nitriles is 1. The number of amides is 3. The Hall–Kier alpha value is -3.92. The Kier molecular flexibility index (Phi) is 6.74. The van der Waals surface area contributed by atoms with Crippen molar-refractivity contribution < 1.29 is 14.4 Å². The van der Waals surface area contributed by atoms with Crippen molar-refractivity contribution in [3.8, 4) is 6.07 Å². The van der Waals surface area contributed by atoms with Gasteiger partial charge in [0.1, 0.15) is 12.1 Å². The molecule has 2 aliphatic rings. The first-order valence-corrected chi connectivity index (χ1v) is 11.9. The van der Waals surface area contributed by atoms with Gasteiger partial charge in [-0.2, -0.15) is 5.26 Å². The van der Waals surface area contributed by atoms with E-state index >= 15 is 0 Å². The number of anilines is 1. The van der Waals surface area contributed by atoms with Crippen molar-refractivity contribution in [1.29, 1.82) is 5.26 Å². The minimum Gasteiger partial charge on any atom is -0.330 e. The minimum atomic E-state index is -0.954. The van der Waals surface area contributed by atoms with Crippen LogP contribution >= 0.6 is 0 Å². The molecule has 7 nitrogen and oxygen atoms in total. The van der Waals surface area contributed by atoms with Gasteiger partial charge in [-0.3, -0.25) is 14.4 Å². The molecule has 0 radical (unpaired) electrons. The van der Waals surface area contributed by atoms with E-state index in [4.69, 9.17) is 0 Å². The second-order valence-corrected chi connectivity index (χ2v) is 9.74. The smallest absolute Gasteiger partial charge is 0.246 e. The lowest BCUT2D eigenvalue weighted by molar-refractivity contribution is -0.143. The third-order valence-corrected chi connectivity index (χ3v) is 6.93. The van der Waals surface area contributed by atoms with Crippen LogP contribution in [0.2, 0.25) is 0 Å². The van der Waals surface area contributed by atoms with Gasteiger partial charge in [0.25, 0.3) is 0 Å². The highest BCUT2D eigenvalue weighted by Gasteiger charge is 2.56. The van der Waals surface area contributed by atoms with E-state index < -0.39 is 17.5 Å². The van der Waals surface area contributed by atoms with Crippen LogP contribution in [-0.4, -0.2) is 53.2 Å². The molecule has 2 heterocycles. The van der Waals surface area contributed by atoms with Crippen LogP contribution in [0, 0.1) is 17.2 Å². The van der Waals surface area contributed by atoms with Crippen molar-refractivity contribution in [2.75, 3.05) is 18.9 Å². The van der Waals surface area contributed by atoms with Crippen LogP contribution in [0.5, 0.6) is 0 Å². The van der Waals surface area contributed by atoms with Crippen molar-refractivity contribution in [3.05, 3.63) is 71.8 Å². The third-order valence-electron chi connectivity index (χ3n) is 6.93. The van der Waals surface area contributed by atoms with Gasteiger partial charge in [0, 0.05) is 31.8 Å².